The number of imidazole rings is 1. The molecular formula is C16H21N5. The molecule has 3 heterocycles. The Bertz CT molecular complexity index is 733. The number of hydrogen-bond acceptors (Lipinski definition) is 3. The summed E-state index contributed by atoms with van der Waals surface area (Å²) in [5.74, 6) is 0. The Balaban J connectivity index is 1.91. The van der Waals surface area contributed by atoms with E-state index in [1.807, 2.05) is 47.3 Å². The molecule has 2 N–H and O–H groups in total. The van der Waals surface area contributed by atoms with Crippen molar-refractivity contribution in [2.24, 2.45) is 5.73 Å². The van der Waals surface area contributed by atoms with E-state index in [2.05, 4.69) is 23.2 Å². The number of fused-ring (bicyclic) bond motifs is 1. The molecule has 0 radical (unpaired) electrons. The van der Waals surface area contributed by atoms with Crippen LogP contribution in [-0.4, -0.2) is 25.2 Å². The first-order valence-electron chi connectivity index (χ1n) is 7.25. The minimum absolute atomic E-state index is 0.148. The highest BCUT2D eigenvalue weighted by molar-refractivity contribution is 5.39. The van der Waals surface area contributed by atoms with Crippen molar-refractivity contribution in [3.8, 4) is 0 Å². The van der Waals surface area contributed by atoms with Crippen LogP contribution in [0.2, 0.25) is 0 Å². The molecule has 0 saturated heterocycles. The number of nitrogens with two attached hydrogens (primary N) is 1. The molecule has 3 rings (SSSR count). The molecule has 0 aromatic carbocycles. The Hall–Kier alpha value is -2.14. The lowest BCUT2D eigenvalue weighted by Crippen LogP contribution is -2.18. The fourth-order valence-corrected chi connectivity index (χ4v) is 2.72. The molecule has 0 aliphatic carbocycles. The van der Waals surface area contributed by atoms with Crippen LogP contribution in [-0.2, 0) is 13.0 Å². The van der Waals surface area contributed by atoms with Gasteiger partial charge < -0.3 is 10.1 Å². The quantitative estimate of drug-likeness (QED) is 0.797. The second-order valence-electron chi connectivity index (χ2n) is 5.69. The monoisotopic (exact) mass is 283 g/mol. The molecule has 0 aliphatic rings. The average molecular weight is 283 g/mol. The van der Waals surface area contributed by atoms with E-state index in [1.54, 1.807) is 0 Å². The molecule has 1 unspecified atom stereocenters. The minimum Gasteiger partial charge on any atom is -0.328 e. The highest BCUT2D eigenvalue weighted by Crippen LogP contribution is 2.16. The van der Waals surface area contributed by atoms with Crippen LogP contribution in [0.3, 0.4) is 0 Å². The highest BCUT2D eigenvalue weighted by Gasteiger charge is 2.14. The van der Waals surface area contributed by atoms with Crippen molar-refractivity contribution >= 4 is 5.65 Å². The van der Waals surface area contributed by atoms with Crippen molar-refractivity contribution in [2.45, 2.75) is 39.8 Å². The van der Waals surface area contributed by atoms with E-state index in [4.69, 9.17) is 5.73 Å². The van der Waals surface area contributed by atoms with Gasteiger partial charge in [0, 0.05) is 24.1 Å². The van der Waals surface area contributed by atoms with Gasteiger partial charge >= 0.3 is 0 Å². The van der Waals surface area contributed by atoms with Crippen molar-refractivity contribution in [3.05, 3.63) is 53.2 Å². The van der Waals surface area contributed by atoms with E-state index in [1.165, 1.54) is 11.3 Å². The maximum absolute atomic E-state index is 5.92. The topological polar surface area (TPSA) is 61.1 Å². The predicted octanol–water partition coefficient (Wildman–Crippen LogP) is 2.09. The Labute approximate surface area is 124 Å². The van der Waals surface area contributed by atoms with E-state index in [0.717, 1.165) is 23.5 Å². The maximum atomic E-state index is 5.92. The van der Waals surface area contributed by atoms with Crippen LogP contribution < -0.4 is 5.73 Å². The number of aryl methyl sites for hydroxylation is 1. The third-order valence-corrected chi connectivity index (χ3v) is 3.78. The van der Waals surface area contributed by atoms with Gasteiger partial charge in [-0.2, -0.15) is 5.10 Å². The number of aromatic nitrogens is 4. The van der Waals surface area contributed by atoms with Crippen LogP contribution in [0, 0.1) is 13.8 Å². The molecule has 3 aromatic rings. The number of pyridine rings is 1. The van der Waals surface area contributed by atoms with Crippen LogP contribution in [0.5, 0.6) is 0 Å². The Morgan fingerprint density at radius 2 is 2.10 bits per heavy atom. The molecule has 110 valence electrons. The zero-order valence-electron chi connectivity index (χ0n) is 12.7. The van der Waals surface area contributed by atoms with E-state index < -0.39 is 0 Å². The summed E-state index contributed by atoms with van der Waals surface area (Å²) in [6.07, 6.45) is 4.93. The summed E-state index contributed by atoms with van der Waals surface area (Å²) < 4.78 is 4.05. The first kappa shape index (κ1) is 13.8. The van der Waals surface area contributed by atoms with Crippen LogP contribution >= 0.6 is 0 Å². The number of hydrogen-bond donors (Lipinski definition) is 1. The summed E-state index contributed by atoms with van der Waals surface area (Å²) in [6.45, 7) is 6.87. The fraction of sp³-hybridized carbons (Fsp3) is 0.375. The van der Waals surface area contributed by atoms with Crippen LogP contribution in [0.25, 0.3) is 5.65 Å². The molecular weight excluding hydrogens is 262 g/mol. The first-order chi connectivity index (χ1) is 10.0. The lowest BCUT2D eigenvalue weighted by Gasteiger charge is -2.06. The van der Waals surface area contributed by atoms with Crippen molar-refractivity contribution in [3.63, 3.8) is 0 Å². The SMILES string of the molecule is Cc1nn(Cc2cn3ccccc3n2)c(C)c1CC(C)N. The zero-order chi connectivity index (χ0) is 15.0. The number of nitrogens with zero attached hydrogens (tertiary/aromatic N) is 4. The summed E-state index contributed by atoms with van der Waals surface area (Å²) in [5, 5.41) is 4.64. The van der Waals surface area contributed by atoms with Crippen LogP contribution in [0.4, 0.5) is 0 Å². The lowest BCUT2D eigenvalue weighted by molar-refractivity contribution is 0.647. The molecule has 0 fully saturated rings. The normalized spacial score (nSPS) is 13.0. The van der Waals surface area contributed by atoms with Gasteiger partial charge in [0.15, 0.2) is 0 Å². The Morgan fingerprint density at radius 1 is 1.29 bits per heavy atom. The van der Waals surface area contributed by atoms with Gasteiger partial charge in [-0.15, -0.1) is 0 Å². The third kappa shape index (κ3) is 2.69. The highest BCUT2D eigenvalue weighted by atomic mass is 15.3. The molecule has 0 bridgehead atoms. The van der Waals surface area contributed by atoms with Crippen molar-refractivity contribution < 1.29 is 0 Å². The fourth-order valence-electron chi connectivity index (χ4n) is 2.72. The van der Waals surface area contributed by atoms with Gasteiger partial charge in [0.2, 0.25) is 0 Å². The van der Waals surface area contributed by atoms with Crippen molar-refractivity contribution in [1.82, 2.24) is 19.2 Å². The second-order valence-corrected chi connectivity index (χ2v) is 5.69. The van der Waals surface area contributed by atoms with E-state index in [9.17, 15) is 0 Å². The largest absolute Gasteiger partial charge is 0.328 e. The first-order valence-corrected chi connectivity index (χ1v) is 7.25. The molecule has 5 nitrogen and oxygen atoms in total. The molecule has 1 atom stereocenters. The average Bonchev–Trinajstić information content (AvgIpc) is 2.94. The molecule has 0 spiro atoms. The molecule has 0 amide bonds. The second kappa shape index (κ2) is 5.33. The van der Waals surface area contributed by atoms with E-state index in [0.29, 0.717) is 6.54 Å². The molecule has 3 aromatic heterocycles. The molecule has 5 heteroatoms. The predicted molar refractivity (Wildman–Crippen MR) is 83.3 cm³/mol. The Kier molecular flexibility index (Phi) is 3.51. The standard InChI is InChI=1S/C16H21N5/c1-11(17)8-15-12(2)19-21(13(15)3)10-14-9-20-7-5-4-6-16(20)18-14/h4-7,9,11H,8,10,17H2,1-3H3. The maximum Gasteiger partial charge on any atom is 0.137 e. The summed E-state index contributed by atoms with van der Waals surface area (Å²) >= 11 is 0. The van der Waals surface area contributed by atoms with Gasteiger partial charge in [-0.25, -0.2) is 4.98 Å². The summed E-state index contributed by atoms with van der Waals surface area (Å²) in [5.41, 5.74) is 11.4. The zero-order valence-corrected chi connectivity index (χ0v) is 12.7. The van der Waals surface area contributed by atoms with Crippen molar-refractivity contribution in [2.75, 3.05) is 0 Å². The van der Waals surface area contributed by atoms with Gasteiger partial charge in [0.05, 0.1) is 17.9 Å². The molecule has 0 aliphatic heterocycles. The summed E-state index contributed by atoms with van der Waals surface area (Å²) in [4.78, 5) is 4.63. The smallest absolute Gasteiger partial charge is 0.137 e. The van der Waals surface area contributed by atoms with Crippen LogP contribution in [0.1, 0.15) is 29.6 Å². The van der Waals surface area contributed by atoms with Gasteiger partial charge in [-0.05, 0) is 44.9 Å². The Morgan fingerprint density at radius 3 is 2.81 bits per heavy atom. The van der Waals surface area contributed by atoms with Gasteiger partial charge in [0.1, 0.15) is 5.65 Å². The van der Waals surface area contributed by atoms with Crippen LogP contribution in [0.15, 0.2) is 30.6 Å². The van der Waals surface area contributed by atoms with Gasteiger partial charge in [0.25, 0.3) is 0 Å². The molecule has 0 saturated carbocycles. The molecule has 21 heavy (non-hydrogen) atoms. The van der Waals surface area contributed by atoms with Gasteiger partial charge in [-0.1, -0.05) is 6.07 Å². The third-order valence-electron chi connectivity index (χ3n) is 3.78. The van der Waals surface area contributed by atoms with Gasteiger partial charge in [-0.3, -0.25) is 4.68 Å². The summed E-state index contributed by atoms with van der Waals surface area (Å²) in [6, 6.07) is 6.15. The van der Waals surface area contributed by atoms with E-state index in [-0.39, 0.29) is 6.04 Å². The lowest BCUT2D eigenvalue weighted by atomic mass is 10.1. The van der Waals surface area contributed by atoms with E-state index >= 15 is 0 Å². The van der Waals surface area contributed by atoms with Crippen molar-refractivity contribution in [1.29, 1.82) is 0 Å². The number of rotatable bonds is 4. The minimum atomic E-state index is 0.148. The summed E-state index contributed by atoms with van der Waals surface area (Å²) in [7, 11) is 0.